The van der Waals surface area contributed by atoms with Gasteiger partial charge >= 0.3 is 5.97 Å². The van der Waals surface area contributed by atoms with Crippen molar-refractivity contribution in [3.8, 4) is 0 Å². The van der Waals surface area contributed by atoms with Gasteiger partial charge in [0.15, 0.2) is 0 Å². The lowest BCUT2D eigenvalue weighted by atomic mass is 9.93. The van der Waals surface area contributed by atoms with Crippen molar-refractivity contribution >= 4 is 11.9 Å². The van der Waals surface area contributed by atoms with Crippen molar-refractivity contribution in [2.45, 2.75) is 31.8 Å². The number of hydrogen-bond donors (Lipinski definition) is 2. The SMILES string of the molecule is CNC(=O)C1Cc2ccccc2CN1CCCC(=O)O. The van der Waals surface area contributed by atoms with E-state index in [0.717, 1.165) is 0 Å². The summed E-state index contributed by atoms with van der Waals surface area (Å²) in [7, 11) is 1.64. The van der Waals surface area contributed by atoms with E-state index in [9.17, 15) is 9.59 Å². The minimum Gasteiger partial charge on any atom is -0.481 e. The van der Waals surface area contributed by atoms with Gasteiger partial charge in [0.25, 0.3) is 0 Å². The van der Waals surface area contributed by atoms with Gasteiger partial charge in [-0.25, -0.2) is 0 Å². The molecule has 0 fully saturated rings. The molecule has 1 heterocycles. The van der Waals surface area contributed by atoms with Crippen molar-refractivity contribution in [3.05, 3.63) is 35.4 Å². The smallest absolute Gasteiger partial charge is 0.303 e. The van der Waals surface area contributed by atoms with E-state index < -0.39 is 5.97 Å². The Balaban J connectivity index is 2.10. The van der Waals surface area contributed by atoms with Gasteiger partial charge in [-0.2, -0.15) is 0 Å². The third kappa shape index (κ3) is 3.36. The molecule has 0 radical (unpaired) electrons. The second kappa shape index (κ2) is 6.52. The molecular formula is C15H20N2O3. The second-order valence-electron chi connectivity index (χ2n) is 5.07. The molecule has 1 aliphatic heterocycles. The van der Waals surface area contributed by atoms with Gasteiger partial charge in [0.1, 0.15) is 0 Å². The number of nitrogens with one attached hydrogen (secondary N) is 1. The molecule has 5 heteroatoms. The number of carboxylic acids is 1. The number of benzene rings is 1. The van der Waals surface area contributed by atoms with Gasteiger partial charge < -0.3 is 10.4 Å². The lowest BCUT2D eigenvalue weighted by molar-refractivity contribution is -0.137. The van der Waals surface area contributed by atoms with Crippen LogP contribution < -0.4 is 5.32 Å². The van der Waals surface area contributed by atoms with Gasteiger partial charge in [-0.1, -0.05) is 24.3 Å². The zero-order valence-corrected chi connectivity index (χ0v) is 11.6. The van der Waals surface area contributed by atoms with Crippen LogP contribution >= 0.6 is 0 Å². The molecule has 20 heavy (non-hydrogen) atoms. The van der Waals surface area contributed by atoms with Crippen molar-refractivity contribution in [2.75, 3.05) is 13.6 Å². The maximum atomic E-state index is 12.0. The summed E-state index contributed by atoms with van der Waals surface area (Å²) in [6.07, 6.45) is 1.38. The Kier molecular flexibility index (Phi) is 4.74. The van der Waals surface area contributed by atoms with Gasteiger partial charge in [0.05, 0.1) is 6.04 Å². The predicted molar refractivity (Wildman–Crippen MR) is 75.3 cm³/mol. The van der Waals surface area contributed by atoms with Crippen LogP contribution in [0.1, 0.15) is 24.0 Å². The number of fused-ring (bicyclic) bond motifs is 1. The highest BCUT2D eigenvalue weighted by Gasteiger charge is 2.30. The Bertz CT molecular complexity index is 502. The van der Waals surface area contributed by atoms with E-state index in [2.05, 4.69) is 22.3 Å². The molecule has 0 saturated heterocycles. The number of rotatable bonds is 5. The monoisotopic (exact) mass is 276 g/mol. The molecule has 0 aliphatic carbocycles. The summed E-state index contributed by atoms with van der Waals surface area (Å²) in [6.45, 7) is 1.33. The van der Waals surface area contributed by atoms with E-state index in [4.69, 9.17) is 5.11 Å². The average Bonchev–Trinajstić information content (AvgIpc) is 2.45. The van der Waals surface area contributed by atoms with Crippen LogP contribution in [0.2, 0.25) is 0 Å². The third-order valence-electron chi connectivity index (χ3n) is 3.73. The van der Waals surface area contributed by atoms with Crippen LogP contribution in [0.3, 0.4) is 0 Å². The Morgan fingerprint density at radius 1 is 1.35 bits per heavy atom. The maximum Gasteiger partial charge on any atom is 0.303 e. The molecule has 1 atom stereocenters. The van der Waals surface area contributed by atoms with Crippen molar-refractivity contribution in [3.63, 3.8) is 0 Å². The summed E-state index contributed by atoms with van der Waals surface area (Å²) in [4.78, 5) is 24.7. The average molecular weight is 276 g/mol. The number of carbonyl (C=O) groups excluding carboxylic acids is 1. The first-order chi connectivity index (χ1) is 9.61. The summed E-state index contributed by atoms with van der Waals surface area (Å²) in [5, 5.41) is 11.4. The number of aliphatic carboxylic acids is 1. The molecule has 1 aromatic rings. The molecule has 108 valence electrons. The van der Waals surface area contributed by atoms with Crippen LogP contribution in [0.25, 0.3) is 0 Å². The van der Waals surface area contributed by atoms with Crippen molar-refractivity contribution < 1.29 is 14.7 Å². The van der Waals surface area contributed by atoms with Gasteiger partial charge in [-0.3, -0.25) is 14.5 Å². The van der Waals surface area contributed by atoms with Crippen LogP contribution in [-0.2, 0) is 22.6 Å². The lowest BCUT2D eigenvalue weighted by Crippen LogP contribution is -2.49. The van der Waals surface area contributed by atoms with Gasteiger partial charge in [-0.05, 0) is 30.5 Å². The fourth-order valence-electron chi connectivity index (χ4n) is 2.67. The standard InChI is InChI=1S/C15H20N2O3/c1-16-15(20)13-9-11-5-2-3-6-12(11)10-17(13)8-4-7-14(18)19/h2-3,5-6,13H,4,7-10H2,1H3,(H,16,20)(H,18,19). The molecular weight excluding hydrogens is 256 g/mol. The van der Waals surface area contributed by atoms with E-state index >= 15 is 0 Å². The number of amides is 1. The molecule has 0 spiro atoms. The van der Waals surface area contributed by atoms with E-state index in [1.165, 1.54) is 11.1 Å². The Morgan fingerprint density at radius 2 is 2.05 bits per heavy atom. The molecule has 2 N–H and O–H groups in total. The van der Waals surface area contributed by atoms with Gasteiger partial charge in [0, 0.05) is 20.0 Å². The number of likely N-dealkylation sites (N-methyl/N-ethyl adjacent to an activating group) is 1. The summed E-state index contributed by atoms with van der Waals surface area (Å²) >= 11 is 0. The van der Waals surface area contributed by atoms with Crippen LogP contribution in [0.4, 0.5) is 0 Å². The molecule has 1 unspecified atom stereocenters. The van der Waals surface area contributed by atoms with Crippen molar-refractivity contribution in [1.82, 2.24) is 10.2 Å². The van der Waals surface area contributed by atoms with Gasteiger partial charge in [0.2, 0.25) is 5.91 Å². The second-order valence-corrected chi connectivity index (χ2v) is 5.07. The maximum absolute atomic E-state index is 12.0. The van der Waals surface area contributed by atoms with Crippen LogP contribution in [0.5, 0.6) is 0 Å². The fourth-order valence-corrected chi connectivity index (χ4v) is 2.67. The molecule has 1 amide bonds. The summed E-state index contributed by atoms with van der Waals surface area (Å²) < 4.78 is 0. The Hall–Kier alpha value is -1.88. The summed E-state index contributed by atoms with van der Waals surface area (Å²) in [5.74, 6) is -0.797. The summed E-state index contributed by atoms with van der Waals surface area (Å²) in [6, 6.07) is 7.90. The van der Waals surface area contributed by atoms with Gasteiger partial charge in [-0.15, -0.1) is 0 Å². The molecule has 2 rings (SSSR count). The highest BCUT2D eigenvalue weighted by molar-refractivity contribution is 5.82. The first-order valence-electron chi connectivity index (χ1n) is 6.86. The largest absolute Gasteiger partial charge is 0.481 e. The van der Waals surface area contributed by atoms with Crippen molar-refractivity contribution in [1.29, 1.82) is 0 Å². The molecule has 1 aliphatic rings. The normalized spacial score (nSPS) is 18.4. The van der Waals surface area contributed by atoms with E-state index in [-0.39, 0.29) is 18.4 Å². The van der Waals surface area contributed by atoms with E-state index in [1.54, 1.807) is 7.05 Å². The van der Waals surface area contributed by atoms with E-state index in [0.29, 0.717) is 25.9 Å². The highest BCUT2D eigenvalue weighted by Crippen LogP contribution is 2.23. The number of carboxylic acid groups (broad SMARTS) is 1. The fraction of sp³-hybridized carbons (Fsp3) is 0.467. The third-order valence-corrected chi connectivity index (χ3v) is 3.73. The predicted octanol–water partition coefficient (Wildman–Crippen LogP) is 1.02. The Labute approximate surface area is 118 Å². The Morgan fingerprint density at radius 3 is 2.70 bits per heavy atom. The molecule has 0 saturated carbocycles. The first kappa shape index (κ1) is 14.5. The molecule has 1 aromatic carbocycles. The minimum atomic E-state index is -0.793. The summed E-state index contributed by atoms with van der Waals surface area (Å²) in [5.41, 5.74) is 2.43. The van der Waals surface area contributed by atoms with Crippen molar-refractivity contribution in [2.24, 2.45) is 0 Å². The topological polar surface area (TPSA) is 69.6 Å². The van der Waals surface area contributed by atoms with E-state index in [1.807, 2.05) is 12.1 Å². The first-order valence-corrected chi connectivity index (χ1v) is 6.86. The quantitative estimate of drug-likeness (QED) is 0.842. The number of hydrogen-bond acceptors (Lipinski definition) is 3. The minimum absolute atomic E-state index is 0.00479. The number of nitrogens with zero attached hydrogens (tertiary/aromatic N) is 1. The zero-order valence-electron chi connectivity index (χ0n) is 11.6. The lowest BCUT2D eigenvalue weighted by Gasteiger charge is -2.35. The zero-order chi connectivity index (χ0) is 14.5. The molecule has 0 bridgehead atoms. The van der Waals surface area contributed by atoms with Crippen LogP contribution in [0.15, 0.2) is 24.3 Å². The van der Waals surface area contributed by atoms with Crippen LogP contribution in [-0.4, -0.2) is 41.5 Å². The molecule has 0 aromatic heterocycles. The number of carbonyl (C=O) groups is 2. The molecule has 5 nitrogen and oxygen atoms in total. The highest BCUT2D eigenvalue weighted by atomic mass is 16.4. The van der Waals surface area contributed by atoms with Crippen LogP contribution in [0, 0.1) is 0 Å².